The fourth-order valence-corrected chi connectivity index (χ4v) is 4.39. The highest BCUT2D eigenvalue weighted by Gasteiger charge is 2.25. The zero-order valence-corrected chi connectivity index (χ0v) is 20.2. The minimum atomic E-state index is -0.706. The summed E-state index contributed by atoms with van der Waals surface area (Å²) in [5, 5.41) is 0.428. The van der Waals surface area contributed by atoms with Crippen LogP contribution in [0.3, 0.4) is 0 Å². The highest BCUT2D eigenvalue weighted by molar-refractivity contribution is 5.95. The molecule has 1 atom stereocenters. The van der Waals surface area contributed by atoms with Crippen LogP contribution in [0.5, 0.6) is 6.01 Å². The summed E-state index contributed by atoms with van der Waals surface area (Å²) in [4.78, 5) is 15.2. The number of rotatable bonds is 4. The molecule has 182 valence electrons. The maximum atomic E-state index is 16.1. The Morgan fingerprint density at radius 1 is 1.34 bits per heavy atom. The maximum Gasteiger partial charge on any atom is 0.318 e. The summed E-state index contributed by atoms with van der Waals surface area (Å²) in [6.07, 6.45) is 7.12. The third-order valence-electron chi connectivity index (χ3n) is 5.92. The number of nitrogens with two attached hydrogens (primary N) is 1. The molecule has 35 heavy (non-hydrogen) atoms. The third-order valence-corrected chi connectivity index (χ3v) is 5.92. The second-order valence-corrected chi connectivity index (χ2v) is 8.66. The fourth-order valence-electron chi connectivity index (χ4n) is 4.39. The predicted octanol–water partition coefficient (Wildman–Crippen LogP) is 4.54. The monoisotopic (exact) mass is 479 g/mol. The second-order valence-electron chi connectivity index (χ2n) is 8.66. The van der Waals surface area contributed by atoms with Crippen molar-refractivity contribution in [2.75, 3.05) is 44.0 Å². The molecule has 4 rings (SSSR count). The number of nitrogens with zero attached hydrogens (tertiary/aromatic N) is 4. The van der Waals surface area contributed by atoms with E-state index in [1.165, 1.54) is 26.3 Å². The van der Waals surface area contributed by atoms with Gasteiger partial charge in [0.2, 0.25) is 0 Å². The van der Waals surface area contributed by atoms with Crippen LogP contribution < -0.4 is 15.4 Å². The molecule has 0 aliphatic carbocycles. The van der Waals surface area contributed by atoms with Crippen LogP contribution in [-0.4, -0.2) is 48.4 Å². The van der Waals surface area contributed by atoms with Crippen LogP contribution in [0.2, 0.25) is 0 Å². The average Bonchev–Trinajstić information content (AvgIpc) is 3.04. The zero-order valence-electron chi connectivity index (χ0n) is 20.2. The Bertz CT molecular complexity index is 1360. The smallest absolute Gasteiger partial charge is 0.318 e. The first-order chi connectivity index (χ1) is 16.7. The van der Waals surface area contributed by atoms with Gasteiger partial charge in [0.1, 0.15) is 22.9 Å². The van der Waals surface area contributed by atoms with Crippen molar-refractivity contribution in [3.63, 3.8) is 0 Å². The first-order valence-electron chi connectivity index (χ1n) is 11.2. The van der Waals surface area contributed by atoms with Crippen molar-refractivity contribution in [3.8, 4) is 29.6 Å². The van der Waals surface area contributed by atoms with Crippen LogP contribution in [0.4, 0.5) is 20.3 Å². The van der Waals surface area contributed by atoms with Crippen molar-refractivity contribution >= 4 is 28.0 Å². The molecule has 2 N–H and O–H groups in total. The molecule has 0 amide bonds. The summed E-state index contributed by atoms with van der Waals surface area (Å²) in [6.45, 7) is 7.46. The van der Waals surface area contributed by atoms with Gasteiger partial charge in [-0.1, -0.05) is 12.8 Å². The van der Waals surface area contributed by atoms with Crippen molar-refractivity contribution < 1.29 is 18.3 Å². The van der Waals surface area contributed by atoms with E-state index < -0.39 is 11.6 Å². The molecule has 9 heteroatoms. The average molecular weight is 480 g/mol. The molecule has 1 aliphatic heterocycles. The first kappa shape index (κ1) is 24.4. The van der Waals surface area contributed by atoms with Crippen molar-refractivity contribution in [2.45, 2.75) is 20.8 Å². The summed E-state index contributed by atoms with van der Waals surface area (Å²) < 4.78 is 41.4. The number of methoxy groups -OCH3 is 1. The minimum absolute atomic E-state index is 0.0123. The standard InChI is InChI=1S/C26H27F2N5O2/c1-6-18(16(4)27)21-15(3)9-17(29)10-19(21)23-22(28)24-20(11-30-23)25(32-26(31-24)34-5)33-7-8-35-13-14(2)12-33/h1,9-11,14H,7-8,12-13,29H2,2-5H3/b18-16+. The number of nitrogen functional groups attached to an aromatic ring is 1. The van der Waals surface area contributed by atoms with Crippen LogP contribution >= 0.6 is 0 Å². The van der Waals surface area contributed by atoms with E-state index in [0.29, 0.717) is 54.3 Å². The molecular weight excluding hydrogens is 452 g/mol. The lowest BCUT2D eigenvalue weighted by Crippen LogP contribution is -2.30. The second kappa shape index (κ2) is 9.84. The Hall–Kier alpha value is -3.77. The van der Waals surface area contributed by atoms with Gasteiger partial charge in [0, 0.05) is 36.1 Å². The topological polar surface area (TPSA) is 86.4 Å². The summed E-state index contributed by atoms with van der Waals surface area (Å²) in [5.74, 6) is 1.87. The molecule has 7 nitrogen and oxygen atoms in total. The van der Waals surface area contributed by atoms with Crippen LogP contribution in [-0.2, 0) is 4.74 Å². The highest BCUT2D eigenvalue weighted by Crippen LogP contribution is 2.38. The third kappa shape index (κ3) is 4.62. The minimum Gasteiger partial charge on any atom is -0.467 e. The quantitative estimate of drug-likeness (QED) is 0.434. The largest absolute Gasteiger partial charge is 0.467 e. The number of pyridine rings is 1. The van der Waals surface area contributed by atoms with E-state index in [0.717, 1.165) is 0 Å². The molecule has 3 heterocycles. The number of allylic oxidation sites excluding steroid dienone is 2. The molecular formula is C26H27F2N5O2. The summed E-state index contributed by atoms with van der Waals surface area (Å²) in [6, 6.07) is 3.21. The van der Waals surface area contributed by atoms with E-state index in [4.69, 9.17) is 21.6 Å². The number of fused-ring (bicyclic) bond motifs is 1. The molecule has 0 spiro atoms. The number of anilines is 2. The van der Waals surface area contributed by atoms with Crippen molar-refractivity contribution in [1.82, 2.24) is 15.0 Å². The predicted molar refractivity (Wildman–Crippen MR) is 133 cm³/mol. The Morgan fingerprint density at radius 2 is 2.11 bits per heavy atom. The molecule has 0 bridgehead atoms. The Kier molecular flexibility index (Phi) is 6.85. The molecule has 1 saturated heterocycles. The molecule has 1 aromatic carbocycles. The molecule has 0 saturated carbocycles. The Morgan fingerprint density at radius 3 is 2.80 bits per heavy atom. The summed E-state index contributed by atoms with van der Waals surface area (Å²) in [5.41, 5.74) is 7.67. The maximum absolute atomic E-state index is 16.1. The van der Waals surface area contributed by atoms with E-state index in [9.17, 15) is 4.39 Å². The van der Waals surface area contributed by atoms with E-state index >= 15 is 4.39 Å². The first-order valence-corrected chi connectivity index (χ1v) is 11.2. The van der Waals surface area contributed by atoms with Gasteiger partial charge in [0.05, 0.1) is 31.3 Å². The van der Waals surface area contributed by atoms with Crippen LogP contribution in [0.1, 0.15) is 25.0 Å². The number of ether oxygens (including phenoxy) is 2. The number of halogens is 2. The van der Waals surface area contributed by atoms with Gasteiger partial charge in [-0.15, -0.1) is 6.42 Å². The fraction of sp³-hybridized carbons (Fsp3) is 0.346. The van der Waals surface area contributed by atoms with E-state index in [1.54, 1.807) is 13.0 Å². The van der Waals surface area contributed by atoms with E-state index in [-0.39, 0.29) is 34.3 Å². The number of hydrogen-bond donors (Lipinski definition) is 1. The van der Waals surface area contributed by atoms with E-state index in [1.807, 2.05) is 4.90 Å². The molecule has 1 unspecified atom stereocenters. The van der Waals surface area contributed by atoms with E-state index in [2.05, 4.69) is 27.8 Å². The van der Waals surface area contributed by atoms with Gasteiger partial charge < -0.3 is 20.1 Å². The Balaban J connectivity index is 1.99. The van der Waals surface area contributed by atoms with Crippen LogP contribution in [0, 0.1) is 31.0 Å². The number of aromatic nitrogens is 3. The summed E-state index contributed by atoms with van der Waals surface area (Å²) in [7, 11) is 1.42. The lowest BCUT2D eigenvalue weighted by molar-refractivity contribution is 0.129. The van der Waals surface area contributed by atoms with Gasteiger partial charge in [-0.05, 0) is 37.5 Å². The van der Waals surface area contributed by atoms with Crippen molar-refractivity contribution in [3.05, 3.63) is 41.1 Å². The van der Waals surface area contributed by atoms with Crippen molar-refractivity contribution in [2.24, 2.45) is 5.92 Å². The van der Waals surface area contributed by atoms with Crippen LogP contribution in [0.25, 0.3) is 27.7 Å². The molecule has 1 fully saturated rings. The molecule has 1 aliphatic rings. The highest BCUT2D eigenvalue weighted by atomic mass is 19.1. The van der Waals surface area contributed by atoms with Gasteiger partial charge in [-0.3, -0.25) is 4.98 Å². The number of aryl methyl sites for hydroxylation is 1. The zero-order chi connectivity index (χ0) is 25.3. The molecule has 2 aromatic heterocycles. The lowest BCUT2D eigenvalue weighted by atomic mass is 9.91. The summed E-state index contributed by atoms with van der Waals surface area (Å²) >= 11 is 0. The number of hydrogen-bond acceptors (Lipinski definition) is 7. The van der Waals surface area contributed by atoms with Gasteiger partial charge in [-0.2, -0.15) is 9.97 Å². The molecule has 3 aromatic rings. The normalized spacial score (nSPS) is 17.1. The van der Waals surface area contributed by atoms with Crippen molar-refractivity contribution in [1.29, 1.82) is 0 Å². The van der Waals surface area contributed by atoms with Gasteiger partial charge in [-0.25, -0.2) is 8.78 Å². The van der Waals surface area contributed by atoms with Gasteiger partial charge >= 0.3 is 6.01 Å². The Labute approximate surface area is 203 Å². The number of benzene rings is 1. The van der Waals surface area contributed by atoms with Gasteiger partial charge in [0.25, 0.3) is 0 Å². The molecule has 0 radical (unpaired) electrons. The van der Waals surface area contributed by atoms with Crippen LogP contribution in [0.15, 0.2) is 24.2 Å². The van der Waals surface area contributed by atoms with Gasteiger partial charge in [0.15, 0.2) is 5.82 Å². The number of terminal acetylenes is 1. The SMILES string of the molecule is C#C/C(=C(/C)F)c1c(C)cc(N)cc1-c1ncc2c(N3CCOCC(C)C3)nc(OC)nc2c1F. The lowest BCUT2D eigenvalue weighted by Gasteiger charge is -2.24.